The van der Waals surface area contributed by atoms with Crippen LogP contribution >= 0.6 is 23.2 Å². The third kappa shape index (κ3) is 4.27. The van der Waals surface area contributed by atoms with Crippen molar-refractivity contribution in [1.29, 1.82) is 0 Å². The fraction of sp³-hybridized carbons (Fsp3) is 0.412. The number of carbonyl (C=O) groups excluding carboxylic acids is 1. The third-order valence-corrected chi connectivity index (χ3v) is 4.18. The van der Waals surface area contributed by atoms with Crippen molar-refractivity contribution >= 4 is 29.1 Å². The second-order valence-electron chi connectivity index (χ2n) is 6.07. The molecule has 124 valence electrons. The normalized spacial score (nSPS) is 12.5. The Morgan fingerprint density at radius 3 is 2.39 bits per heavy atom. The average Bonchev–Trinajstić information content (AvgIpc) is 2.73. The second kappa shape index (κ2) is 7.37. The van der Waals surface area contributed by atoms with Crippen LogP contribution in [0.4, 0.5) is 0 Å². The first-order valence-electron chi connectivity index (χ1n) is 7.58. The van der Waals surface area contributed by atoms with Gasteiger partial charge in [0.2, 0.25) is 0 Å². The van der Waals surface area contributed by atoms with E-state index in [1.165, 1.54) is 0 Å². The largest absolute Gasteiger partial charge is 0.345 e. The van der Waals surface area contributed by atoms with Gasteiger partial charge in [0.15, 0.2) is 0 Å². The number of halogens is 2. The highest BCUT2D eigenvalue weighted by atomic mass is 35.5. The summed E-state index contributed by atoms with van der Waals surface area (Å²) in [5.74, 6) is 0.181. The van der Waals surface area contributed by atoms with Crippen LogP contribution in [0.1, 0.15) is 48.4 Å². The second-order valence-corrected chi connectivity index (χ2v) is 6.87. The van der Waals surface area contributed by atoms with Gasteiger partial charge in [0, 0.05) is 11.6 Å². The Labute approximate surface area is 146 Å². The number of hydrogen-bond acceptors (Lipinski definition) is 2. The van der Waals surface area contributed by atoms with E-state index in [1.54, 1.807) is 23.7 Å². The molecule has 2 aromatic rings. The van der Waals surface area contributed by atoms with Crippen LogP contribution in [0.15, 0.2) is 24.3 Å². The molecule has 1 heterocycles. The minimum Gasteiger partial charge on any atom is -0.345 e. The molecule has 23 heavy (non-hydrogen) atoms. The number of aromatic nitrogens is 2. The van der Waals surface area contributed by atoms with Crippen LogP contribution in [0.5, 0.6) is 0 Å². The minimum absolute atomic E-state index is 0.149. The molecular formula is C17H21Cl2N3O. The Bertz CT molecular complexity index is 693. The Balaban J connectivity index is 2.17. The summed E-state index contributed by atoms with van der Waals surface area (Å²) in [6.45, 7) is 8.55. The lowest BCUT2D eigenvalue weighted by Crippen LogP contribution is -2.27. The Morgan fingerprint density at radius 2 is 1.83 bits per heavy atom. The molecular weight excluding hydrogens is 333 g/mol. The highest BCUT2D eigenvalue weighted by Gasteiger charge is 2.22. The zero-order valence-electron chi connectivity index (χ0n) is 13.7. The lowest BCUT2D eigenvalue weighted by molar-refractivity contribution is 0.0939. The van der Waals surface area contributed by atoms with Crippen LogP contribution in [0.25, 0.3) is 0 Å². The number of hydrogen-bond donors (Lipinski definition) is 1. The van der Waals surface area contributed by atoms with Crippen molar-refractivity contribution in [2.24, 2.45) is 5.92 Å². The van der Waals surface area contributed by atoms with E-state index >= 15 is 0 Å². The van der Waals surface area contributed by atoms with Gasteiger partial charge in [0.1, 0.15) is 5.15 Å². The summed E-state index contributed by atoms with van der Waals surface area (Å²) in [6.07, 6.45) is 0. The van der Waals surface area contributed by atoms with Crippen molar-refractivity contribution in [2.45, 2.75) is 40.3 Å². The van der Waals surface area contributed by atoms with Gasteiger partial charge in [0.05, 0.1) is 17.3 Å². The number of aryl methyl sites for hydroxylation is 1. The van der Waals surface area contributed by atoms with E-state index in [1.807, 2.05) is 19.1 Å². The van der Waals surface area contributed by atoms with Gasteiger partial charge in [-0.15, -0.1) is 0 Å². The molecule has 1 aromatic heterocycles. The molecule has 6 heteroatoms. The number of benzene rings is 1. The molecule has 2 rings (SSSR count). The van der Waals surface area contributed by atoms with Crippen LogP contribution < -0.4 is 5.32 Å². The first-order chi connectivity index (χ1) is 10.8. The zero-order chi connectivity index (χ0) is 17.1. The maximum atomic E-state index is 12.6. The number of rotatable bonds is 5. The van der Waals surface area contributed by atoms with Crippen molar-refractivity contribution in [3.8, 4) is 0 Å². The topological polar surface area (TPSA) is 46.9 Å². The fourth-order valence-electron chi connectivity index (χ4n) is 2.38. The van der Waals surface area contributed by atoms with Gasteiger partial charge in [-0.25, -0.2) is 0 Å². The quantitative estimate of drug-likeness (QED) is 0.850. The Morgan fingerprint density at radius 1 is 1.22 bits per heavy atom. The van der Waals surface area contributed by atoms with E-state index in [0.29, 0.717) is 33.9 Å². The molecule has 0 bridgehead atoms. The van der Waals surface area contributed by atoms with Gasteiger partial charge in [-0.05, 0) is 37.5 Å². The lowest BCUT2D eigenvalue weighted by atomic mass is 10.1. The van der Waals surface area contributed by atoms with E-state index < -0.39 is 0 Å². The Hall–Kier alpha value is -1.52. The maximum Gasteiger partial charge on any atom is 0.256 e. The van der Waals surface area contributed by atoms with Crippen molar-refractivity contribution < 1.29 is 4.79 Å². The molecule has 0 fully saturated rings. The van der Waals surface area contributed by atoms with E-state index in [9.17, 15) is 4.79 Å². The number of nitrogens with one attached hydrogen (secondary N) is 1. The summed E-state index contributed by atoms with van der Waals surface area (Å²) in [5, 5.41) is 8.38. The van der Waals surface area contributed by atoms with Gasteiger partial charge in [-0.3, -0.25) is 9.48 Å². The first-order valence-corrected chi connectivity index (χ1v) is 8.34. The molecule has 0 saturated carbocycles. The van der Waals surface area contributed by atoms with E-state index in [2.05, 4.69) is 24.3 Å². The van der Waals surface area contributed by atoms with E-state index in [0.717, 1.165) is 5.56 Å². The fourth-order valence-corrected chi connectivity index (χ4v) is 2.84. The molecule has 0 aliphatic rings. The van der Waals surface area contributed by atoms with Crippen LogP contribution in [0.3, 0.4) is 0 Å². The van der Waals surface area contributed by atoms with E-state index in [4.69, 9.17) is 23.2 Å². The number of carbonyl (C=O) groups is 1. The summed E-state index contributed by atoms with van der Waals surface area (Å²) in [7, 11) is 0. The number of amides is 1. The molecule has 0 radical (unpaired) electrons. The smallest absolute Gasteiger partial charge is 0.256 e. The van der Waals surface area contributed by atoms with Crippen LogP contribution in [0, 0.1) is 12.8 Å². The molecule has 4 nitrogen and oxygen atoms in total. The Kier molecular flexibility index (Phi) is 5.71. The molecule has 0 unspecified atom stereocenters. The maximum absolute atomic E-state index is 12.6. The molecule has 1 N–H and O–H groups in total. The molecule has 0 spiro atoms. The standard InChI is InChI=1S/C17H21Cl2N3O/c1-10(2)9-22-16(19)15(12(4)21-22)17(23)20-11(3)13-5-7-14(18)8-6-13/h5-8,10-11H,9H2,1-4H3,(H,20,23)/t11-/m1/s1. The SMILES string of the molecule is Cc1nn(CC(C)C)c(Cl)c1C(=O)N[C@H](C)c1ccc(Cl)cc1. The summed E-state index contributed by atoms with van der Waals surface area (Å²) in [6, 6.07) is 7.24. The summed E-state index contributed by atoms with van der Waals surface area (Å²) in [5.41, 5.74) is 2.05. The predicted octanol–water partition coefficient (Wildman–Crippen LogP) is 4.65. The van der Waals surface area contributed by atoms with Gasteiger partial charge >= 0.3 is 0 Å². The molecule has 0 aliphatic heterocycles. The summed E-state index contributed by atoms with van der Waals surface area (Å²) in [4.78, 5) is 12.6. The van der Waals surface area contributed by atoms with Crippen molar-refractivity contribution in [2.75, 3.05) is 0 Å². The van der Waals surface area contributed by atoms with Gasteiger partial charge in [0.25, 0.3) is 5.91 Å². The minimum atomic E-state index is -0.218. The number of nitrogens with zero attached hydrogens (tertiary/aromatic N) is 2. The highest BCUT2D eigenvalue weighted by Crippen LogP contribution is 2.22. The monoisotopic (exact) mass is 353 g/mol. The van der Waals surface area contributed by atoms with Crippen LogP contribution in [-0.2, 0) is 6.54 Å². The molecule has 1 amide bonds. The van der Waals surface area contributed by atoms with Crippen molar-refractivity contribution in [3.05, 3.63) is 51.3 Å². The van der Waals surface area contributed by atoms with Crippen molar-refractivity contribution in [3.63, 3.8) is 0 Å². The molecule has 1 aromatic carbocycles. The van der Waals surface area contributed by atoms with E-state index in [-0.39, 0.29) is 11.9 Å². The zero-order valence-corrected chi connectivity index (χ0v) is 15.2. The van der Waals surface area contributed by atoms with Crippen molar-refractivity contribution in [1.82, 2.24) is 15.1 Å². The predicted molar refractivity (Wildman–Crippen MR) is 94.1 cm³/mol. The average molecular weight is 354 g/mol. The van der Waals surface area contributed by atoms with Gasteiger partial charge in [-0.1, -0.05) is 49.2 Å². The van der Waals surface area contributed by atoms with Gasteiger partial charge in [-0.2, -0.15) is 5.10 Å². The third-order valence-electron chi connectivity index (χ3n) is 3.55. The first kappa shape index (κ1) is 17.8. The lowest BCUT2D eigenvalue weighted by Gasteiger charge is -2.14. The molecule has 0 saturated heterocycles. The van der Waals surface area contributed by atoms with Gasteiger partial charge < -0.3 is 5.32 Å². The summed E-state index contributed by atoms with van der Waals surface area (Å²) >= 11 is 12.2. The molecule has 0 aliphatic carbocycles. The summed E-state index contributed by atoms with van der Waals surface area (Å²) < 4.78 is 1.68. The van der Waals surface area contributed by atoms with Crippen LogP contribution in [0.2, 0.25) is 10.2 Å². The molecule has 1 atom stereocenters. The van der Waals surface area contributed by atoms with Crippen LogP contribution in [-0.4, -0.2) is 15.7 Å². The highest BCUT2D eigenvalue weighted by molar-refractivity contribution is 6.33.